The topological polar surface area (TPSA) is 72.6 Å². The molecule has 0 bridgehead atoms. The second-order valence-electron chi connectivity index (χ2n) is 3.97. The summed E-state index contributed by atoms with van der Waals surface area (Å²) >= 11 is 0. The van der Waals surface area contributed by atoms with Crippen LogP contribution in [0.5, 0.6) is 0 Å². The van der Waals surface area contributed by atoms with Gasteiger partial charge in [0.15, 0.2) is 0 Å². The summed E-state index contributed by atoms with van der Waals surface area (Å²) in [6.45, 7) is 2.96. The van der Waals surface area contributed by atoms with Gasteiger partial charge in [0.1, 0.15) is 11.7 Å². The SMILES string of the molecule is COCCN1CCC(C=O)(C(N)=O)CC1. The van der Waals surface area contributed by atoms with Gasteiger partial charge in [-0.05, 0) is 25.9 Å². The number of amides is 1. The average Bonchev–Trinajstić information content (AvgIpc) is 2.27. The Hall–Kier alpha value is -0.940. The van der Waals surface area contributed by atoms with Gasteiger partial charge in [-0.25, -0.2) is 0 Å². The fraction of sp³-hybridized carbons (Fsp3) is 0.800. The molecule has 1 aliphatic rings. The van der Waals surface area contributed by atoms with Crippen LogP contribution in [0.3, 0.4) is 0 Å². The van der Waals surface area contributed by atoms with E-state index in [0.29, 0.717) is 25.7 Å². The number of primary amides is 1. The quantitative estimate of drug-likeness (QED) is 0.490. The van der Waals surface area contributed by atoms with Gasteiger partial charge in [0, 0.05) is 13.7 Å². The number of likely N-dealkylation sites (tertiary alicyclic amines) is 1. The standard InChI is InChI=1S/C10H18N2O3/c1-15-7-6-12-4-2-10(8-13,3-5-12)9(11)14/h8H,2-7H2,1H3,(H2,11,14). The van der Waals surface area contributed by atoms with Crippen molar-refractivity contribution in [2.75, 3.05) is 33.4 Å². The van der Waals surface area contributed by atoms with E-state index in [0.717, 1.165) is 19.6 Å². The highest BCUT2D eigenvalue weighted by atomic mass is 16.5. The van der Waals surface area contributed by atoms with Crippen LogP contribution in [0.4, 0.5) is 0 Å². The van der Waals surface area contributed by atoms with E-state index in [1.807, 2.05) is 0 Å². The number of nitrogens with two attached hydrogens (primary N) is 1. The molecular weight excluding hydrogens is 196 g/mol. The lowest BCUT2D eigenvalue weighted by Crippen LogP contribution is -2.48. The van der Waals surface area contributed by atoms with E-state index in [2.05, 4.69) is 4.90 Å². The lowest BCUT2D eigenvalue weighted by atomic mass is 9.79. The van der Waals surface area contributed by atoms with Crippen molar-refractivity contribution in [3.63, 3.8) is 0 Å². The normalized spacial score (nSPS) is 21.1. The third-order valence-corrected chi connectivity index (χ3v) is 3.08. The first-order valence-electron chi connectivity index (χ1n) is 5.12. The van der Waals surface area contributed by atoms with E-state index in [1.54, 1.807) is 7.11 Å². The van der Waals surface area contributed by atoms with Crippen molar-refractivity contribution in [3.8, 4) is 0 Å². The number of ether oxygens (including phenoxy) is 1. The number of hydrogen-bond donors (Lipinski definition) is 1. The Morgan fingerprint density at radius 1 is 1.53 bits per heavy atom. The first-order chi connectivity index (χ1) is 7.14. The molecule has 1 aliphatic heterocycles. The highest BCUT2D eigenvalue weighted by Gasteiger charge is 2.39. The molecule has 1 amide bonds. The molecule has 0 atom stereocenters. The summed E-state index contributed by atoms with van der Waals surface area (Å²) in [4.78, 5) is 24.3. The molecule has 1 fully saturated rings. The third-order valence-electron chi connectivity index (χ3n) is 3.08. The van der Waals surface area contributed by atoms with Gasteiger partial charge < -0.3 is 20.2 Å². The van der Waals surface area contributed by atoms with Crippen molar-refractivity contribution in [2.24, 2.45) is 11.1 Å². The van der Waals surface area contributed by atoms with E-state index < -0.39 is 11.3 Å². The molecular formula is C10H18N2O3. The highest BCUT2D eigenvalue weighted by molar-refractivity contribution is 5.95. The van der Waals surface area contributed by atoms with Gasteiger partial charge in [-0.2, -0.15) is 0 Å². The molecule has 0 aromatic rings. The minimum atomic E-state index is -0.927. The minimum Gasteiger partial charge on any atom is -0.383 e. The van der Waals surface area contributed by atoms with E-state index in [9.17, 15) is 9.59 Å². The Kier molecular flexibility index (Phi) is 4.23. The zero-order valence-corrected chi connectivity index (χ0v) is 9.07. The molecule has 5 heteroatoms. The zero-order valence-electron chi connectivity index (χ0n) is 9.07. The van der Waals surface area contributed by atoms with Gasteiger partial charge >= 0.3 is 0 Å². The predicted octanol–water partition coefficient (Wildman–Crippen LogP) is -0.601. The number of nitrogens with zero attached hydrogens (tertiary/aromatic N) is 1. The largest absolute Gasteiger partial charge is 0.383 e. The molecule has 1 saturated heterocycles. The predicted molar refractivity (Wildman–Crippen MR) is 55.2 cm³/mol. The van der Waals surface area contributed by atoms with Gasteiger partial charge in [-0.1, -0.05) is 0 Å². The van der Waals surface area contributed by atoms with Crippen LogP contribution >= 0.6 is 0 Å². The number of hydrogen-bond acceptors (Lipinski definition) is 4. The number of piperidine rings is 1. The minimum absolute atomic E-state index is 0.496. The van der Waals surface area contributed by atoms with Gasteiger partial charge in [0.2, 0.25) is 5.91 Å². The first-order valence-corrected chi connectivity index (χ1v) is 5.12. The third kappa shape index (κ3) is 2.76. The van der Waals surface area contributed by atoms with Crippen LogP contribution in [0.15, 0.2) is 0 Å². The van der Waals surface area contributed by atoms with Crippen molar-refractivity contribution < 1.29 is 14.3 Å². The summed E-state index contributed by atoms with van der Waals surface area (Å²) in [5.74, 6) is -0.496. The highest BCUT2D eigenvalue weighted by Crippen LogP contribution is 2.28. The second-order valence-corrected chi connectivity index (χ2v) is 3.97. The molecule has 5 nitrogen and oxygen atoms in total. The molecule has 2 N–H and O–H groups in total. The summed E-state index contributed by atoms with van der Waals surface area (Å²) < 4.78 is 4.97. The van der Waals surface area contributed by atoms with Crippen LogP contribution in [-0.4, -0.2) is 50.4 Å². The Morgan fingerprint density at radius 3 is 2.53 bits per heavy atom. The molecule has 86 valence electrons. The van der Waals surface area contributed by atoms with Crippen molar-refractivity contribution in [1.82, 2.24) is 4.90 Å². The fourth-order valence-electron chi connectivity index (χ4n) is 1.82. The maximum absolute atomic E-state index is 11.2. The monoisotopic (exact) mass is 214 g/mol. The Morgan fingerprint density at radius 2 is 2.13 bits per heavy atom. The number of methoxy groups -OCH3 is 1. The maximum Gasteiger partial charge on any atom is 0.230 e. The summed E-state index contributed by atoms with van der Waals surface area (Å²) in [5, 5.41) is 0. The van der Waals surface area contributed by atoms with E-state index >= 15 is 0 Å². The Labute approximate surface area is 89.6 Å². The number of carbonyl (C=O) groups is 2. The van der Waals surface area contributed by atoms with Gasteiger partial charge in [-0.3, -0.25) is 4.79 Å². The molecule has 0 aromatic heterocycles. The van der Waals surface area contributed by atoms with Crippen LogP contribution in [0, 0.1) is 5.41 Å². The summed E-state index contributed by atoms with van der Waals surface area (Å²) in [7, 11) is 1.66. The molecule has 0 radical (unpaired) electrons. The maximum atomic E-state index is 11.2. The molecule has 0 saturated carbocycles. The zero-order chi connectivity index (χ0) is 11.3. The molecule has 0 aliphatic carbocycles. The molecule has 1 rings (SSSR count). The van der Waals surface area contributed by atoms with Crippen molar-refractivity contribution in [1.29, 1.82) is 0 Å². The molecule has 0 spiro atoms. The van der Waals surface area contributed by atoms with Gasteiger partial charge in [0.05, 0.1) is 6.61 Å². The smallest absolute Gasteiger partial charge is 0.230 e. The molecule has 15 heavy (non-hydrogen) atoms. The summed E-state index contributed by atoms with van der Waals surface area (Å²) in [6.07, 6.45) is 1.76. The van der Waals surface area contributed by atoms with Crippen molar-refractivity contribution >= 4 is 12.2 Å². The second kappa shape index (κ2) is 5.23. The lowest BCUT2D eigenvalue weighted by Gasteiger charge is -2.35. The van der Waals surface area contributed by atoms with E-state index in [1.165, 1.54) is 0 Å². The van der Waals surface area contributed by atoms with Crippen molar-refractivity contribution in [3.05, 3.63) is 0 Å². The van der Waals surface area contributed by atoms with Crippen LogP contribution in [0.1, 0.15) is 12.8 Å². The number of aldehydes is 1. The van der Waals surface area contributed by atoms with Crippen LogP contribution < -0.4 is 5.73 Å². The number of rotatable bonds is 5. The van der Waals surface area contributed by atoms with Crippen LogP contribution in [-0.2, 0) is 14.3 Å². The average molecular weight is 214 g/mol. The first kappa shape index (κ1) is 12.1. The van der Waals surface area contributed by atoms with Crippen LogP contribution in [0.2, 0.25) is 0 Å². The molecule has 1 heterocycles. The van der Waals surface area contributed by atoms with Crippen LogP contribution in [0.25, 0.3) is 0 Å². The summed E-state index contributed by atoms with van der Waals surface area (Å²) in [6, 6.07) is 0. The molecule has 0 aromatic carbocycles. The van der Waals surface area contributed by atoms with E-state index in [4.69, 9.17) is 10.5 Å². The number of carbonyl (C=O) groups excluding carboxylic acids is 2. The molecule has 0 unspecified atom stereocenters. The van der Waals surface area contributed by atoms with Crippen molar-refractivity contribution in [2.45, 2.75) is 12.8 Å². The van der Waals surface area contributed by atoms with Gasteiger partial charge in [-0.15, -0.1) is 0 Å². The fourth-order valence-corrected chi connectivity index (χ4v) is 1.82. The Balaban J connectivity index is 2.46. The van der Waals surface area contributed by atoms with Gasteiger partial charge in [0.25, 0.3) is 0 Å². The lowest BCUT2D eigenvalue weighted by molar-refractivity contribution is -0.137. The van der Waals surface area contributed by atoms with E-state index in [-0.39, 0.29) is 0 Å². The Bertz CT molecular complexity index is 235. The summed E-state index contributed by atoms with van der Waals surface area (Å²) in [5.41, 5.74) is 4.32.